The zero-order valence-electron chi connectivity index (χ0n) is 19.4. The second-order valence-corrected chi connectivity index (χ2v) is 13.1. The van der Waals surface area contributed by atoms with Crippen LogP contribution in [-0.2, 0) is 54.2 Å². The number of thiol groups is 2. The monoisotopic (exact) mass is 626 g/mol. The first kappa shape index (κ1) is 41.9. The summed E-state index contributed by atoms with van der Waals surface area (Å²) < 4.78 is 116. The normalized spacial score (nSPS) is 11.7. The minimum atomic E-state index is -4.05. The molecule has 204 valence electrons. The minimum absolute atomic E-state index is 0. The fourth-order valence-electron chi connectivity index (χ4n) is 1.35. The molecule has 14 nitrogen and oxygen atoms in total. The first-order valence-corrected chi connectivity index (χ1v) is 16.6. The number of ether oxygens (including phenoxy) is 1. The van der Waals surface area contributed by atoms with Crippen molar-refractivity contribution in [2.75, 3.05) is 47.7 Å². The van der Waals surface area contributed by atoms with Crippen molar-refractivity contribution in [1.82, 2.24) is 0 Å². The summed E-state index contributed by atoms with van der Waals surface area (Å²) in [4.78, 5) is 9.50. The van der Waals surface area contributed by atoms with Gasteiger partial charge in [0, 0.05) is 0 Å². The van der Waals surface area contributed by atoms with Crippen molar-refractivity contribution in [3.63, 3.8) is 0 Å². The van der Waals surface area contributed by atoms with E-state index in [1.807, 2.05) is 0 Å². The molecule has 0 aromatic carbocycles. The number of carbonyl (C=O) groups is 1. The molecule has 0 atom stereocenters. The molecule has 0 saturated heterocycles. The van der Waals surface area contributed by atoms with E-state index >= 15 is 0 Å². The molecule has 0 unspecified atom stereocenters. The molecule has 0 spiro atoms. The number of hydrogen-bond acceptors (Lipinski definition) is 13. The van der Waals surface area contributed by atoms with E-state index in [1.54, 1.807) is 0 Å². The minimum Gasteiger partial charge on any atom is -1.00 e. The van der Waals surface area contributed by atoms with Crippen LogP contribution in [0.5, 0.6) is 0 Å². The van der Waals surface area contributed by atoms with Crippen LogP contribution < -0.4 is 29.6 Å². The van der Waals surface area contributed by atoms with E-state index in [0.29, 0.717) is 24.3 Å². The molecule has 0 aliphatic rings. The van der Waals surface area contributed by atoms with Gasteiger partial charge in [-0.1, -0.05) is 0 Å². The third-order valence-electron chi connectivity index (χ3n) is 2.65. The van der Waals surface area contributed by atoms with Gasteiger partial charge in [-0.15, -0.1) is 0 Å². The summed E-state index contributed by atoms with van der Waals surface area (Å²) in [5.41, 5.74) is 0. The average Bonchev–Trinajstić information content (AvgIpc) is 2.64. The molecule has 0 aliphatic heterocycles. The van der Waals surface area contributed by atoms with Crippen LogP contribution >= 0.6 is 25.3 Å². The molecule has 0 radical (unpaired) electrons. The fourth-order valence-corrected chi connectivity index (χ4v) is 4.55. The summed E-state index contributed by atoms with van der Waals surface area (Å²) in [5, 5.41) is 0. The molecule has 0 bridgehead atoms. The average molecular weight is 627 g/mol. The van der Waals surface area contributed by atoms with E-state index in [-0.39, 0.29) is 80.8 Å². The van der Waals surface area contributed by atoms with Crippen LogP contribution in [-0.4, -0.2) is 102 Å². The largest absolute Gasteiger partial charge is 1.00 e. The third-order valence-corrected chi connectivity index (χ3v) is 7.02. The van der Waals surface area contributed by atoms with Gasteiger partial charge in [-0.05, 0) is 37.2 Å². The van der Waals surface area contributed by atoms with Gasteiger partial charge < -0.3 is 6.16 Å². The van der Waals surface area contributed by atoms with E-state index in [9.17, 15) is 38.5 Å². The Morgan fingerprint density at radius 3 is 1.32 bits per heavy atom. The second-order valence-electron chi connectivity index (χ2n) is 5.77. The van der Waals surface area contributed by atoms with Gasteiger partial charge in [0.25, 0.3) is 46.9 Å². The first-order valence-electron chi connectivity index (χ1n) is 8.88. The molecule has 0 saturated carbocycles. The summed E-state index contributed by atoms with van der Waals surface area (Å²) in [6.45, 7) is 0.00196. The van der Waals surface area contributed by atoms with Crippen LogP contribution in [0.1, 0.15) is 27.1 Å². The molecule has 0 aromatic heterocycles. The van der Waals surface area contributed by atoms with E-state index in [4.69, 9.17) is 13.7 Å². The molecule has 0 heterocycles. The van der Waals surface area contributed by atoms with E-state index in [2.05, 4.69) is 34.2 Å². The SMILES string of the molecule is O=COCCCS(=O)(=O)O.O=S(=O)(O)CCCOS(=O)(=O)CCCS.O=S(=O)(O)CCCS.[H-].[Na+]. The van der Waals surface area contributed by atoms with Gasteiger partial charge in [0.2, 0.25) is 0 Å². The number of carbonyl (C=O) groups excluding carboxylic acids is 1. The fraction of sp³-hybridized carbons (Fsp3) is 0.923. The van der Waals surface area contributed by atoms with Gasteiger partial charge in [0.15, 0.2) is 0 Å². The predicted molar refractivity (Wildman–Crippen MR) is 128 cm³/mol. The smallest absolute Gasteiger partial charge is 1.00 e. The van der Waals surface area contributed by atoms with Crippen molar-refractivity contribution in [3.05, 3.63) is 0 Å². The van der Waals surface area contributed by atoms with Gasteiger partial charge in [-0.2, -0.15) is 58.9 Å². The first-order chi connectivity index (χ1) is 14.9. The summed E-state index contributed by atoms with van der Waals surface area (Å²) in [6.07, 6.45) is 0.849. The maximum Gasteiger partial charge on any atom is 1.00 e. The van der Waals surface area contributed by atoms with Gasteiger partial charge in [0.05, 0.1) is 36.2 Å². The molecule has 0 amide bonds. The number of hydrogen-bond donors (Lipinski definition) is 5. The Morgan fingerprint density at radius 1 is 0.647 bits per heavy atom. The van der Waals surface area contributed by atoms with E-state index in [1.165, 1.54) is 0 Å². The van der Waals surface area contributed by atoms with Crippen LogP contribution in [0, 0.1) is 0 Å². The molecule has 0 aromatic rings. The van der Waals surface area contributed by atoms with Gasteiger partial charge >= 0.3 is 29.6 Å². The Balaban J connectivity index is -0.000000132. The van der Waals surface area contributed by atoms with Crippen molar-refractivity contribution in [2.45, 2.75) is 25.7 Å². The van der Waals surface area contributed by atoms with Gasteiger partial charge in [0.1, 0.15) is 0 Å². The molecule has 21 heteroatoms. The van der Waals surface area contributed by atoms with Crippen LogP contribution in [0.3, 0.4) is 0 Å². The Bertz CT molecular complexity index is 922. The molecule has 3 N–H and O–H groups in total. The van der Waals surface area contributed by atoms with Gasteiger partial charge in [-0.3, -0.25) is 22.6 Å². The topological polar surface area (TPSA) is 233 Å². The van der Waals surface area contributed by atoms with Crippen molar-refractivity contribution in [3.8, 4) is 0 Å². The summed E-state index contributed by atoms with van der Waals surface area (Å²) >= 11 is 7.60. The van der Waals surface area contributed by atoms with Crippen LogP contribution in [0.15, 0.2) is 0 Å². The quantitative estimate of drug-likeness (QED) is 0.0282. The van der Waals surface area contributed by atoms with Crippen molar-refractivity contribution >= 4 is 72.2 Å². The summed E-state index contributed by atoms with van der Waals surface area (Å²) in [7, 11) is -15.3. The molecule has 0 rings (SSSR count). The molecular weight excluding hydrogens is 596 g/mol. The molecule has 0 fully saturated rings. The summed E-state index contributed by atoms with van der Waals surface area (Å²) in [6, 6.07) is 0. The predicted octanol–water partition coefficient (Wildman–Crippen LogP) is -3.32. The zero-order valence-corrected chi connectivity index (χ0v) is 25.5. The Hall–Kier alpha value is 0.810. The van der Waals surface area contributed by atoms with Crippen LogP contribution in [0.2, 0.25) is 0 Å². The van der Waals surface area contributed by atoms with E-state index < -0.39 is 46.2 Å². The molecular formula is C13H31NaO14S6. The standard InChI is InChI=1S/C6H14O6S3.C4H8O5S.C3H8O3S2.Na.H/c7-14(8,9)5-1-3-12-15(10,11)6-2-4-13;5-4-9-2-1-3-10(6,7)8;4-8(5,6)3-1-2-7;;/h13H,1-6H2,(H,7,8,9);4H,1-3H2,(H,6,7,8);7H,1-3H2,(H,4,5,6);;/q;;;+1;-1. The molecule has 34 heavy (non-hydrogen) atoms. The Labute approximate surface area is 235 Å². The van der Waals surface area contributed by atoms with Crippen molar-refractivity contribution in [2.24, 2.45) is 0 Å². The zero-order chi connectivity index (χ0) is 26.6. The van der Waals surface area contributed by atoms with Crippen molar-refractivity contribution < 1.29 is 92.0 Å². The summed E-state index contributed by atoms with van der Waals surface area (Å²) in [5.74, 6) is -0.276. The van der Waals surface area contributed by atoms with Crippen LogP contribution in [0.4, 0.5) is 0 Å². The second kappa shape index (κ2) is 23.0. The maximum atomic E-state index is 11.0. The van der Waals surface area contributed by atoms with Gasteiger partial charge in [-0.25, -0.2) is 0 Å². The number of rotatable bonds is 16. The van der Waals surface area contributed by atoms with Crippen LogP contribution in [0.25, 0.3) is 0 Å². The van der Waals surface area contributed by atoms with Crippen molar-refractivity contribution in [1.29, 1.82) is 0 Å². The third kappa shape index (κ3) is 46.2. The molecule has 0 aliphatic carbocycles. The van der Waals surface area contributed by atoms with E-state index in [0.717, 1.165) is 0 Å². The Morgan fingerprint density at radius 2 is 1.00 bits per heavy atom. The maximum absolute atomic E-state index is 11.0. The Kier molecular flexibility index (Phi) is 28.3.